The normalized spacial score (nSPS) is 37.6. The standard InChI is InChI=1S/C11H21N2/c12-10-4-6-11(7-5-10)13-8-2-1-3-9-13/h10-12H,1-9H2. The van der Waals surface area contributed by atoms with Gasteiger partial charge in [0.15, 0.2) is 0 Å². The summed E-state index contributed by atoms with van der Waals surface area (Å²) in [5.41, 5.74) is 7.66. The molecule has 1 aliphatic heterocycles. The second-order valence-electron chi connectivity index (χ2n) is 4.60. The van der Waals surface area contributed by atoms with E-state index in [4.69, 9.17) is 5.73 Å². The monoisotopic (exact) mass is 181 g/mol. The highest BCUT2D eigenvalue weighted by atomic mass is 15.2. The summed E-state index contributed by atoms with van der Waals surface area (Å²) in [6.45, 7) is 2.65. The van der Waals surface area contributed by atoms with Crippen LogP contribution in [0.5, 0.6) is 0 Å². The Morgan fingerprint density at radius 2 is 1.46 bits per heavy atom. The molecule has 1 heterocycles. The van der Waals surface area contributed by atoms with Crippen molar-refractivity contribution in [2.24, 2.45) is 0 Å². The summed E-state index contributed by atoms with van der Waals surface area (Å²) in [7, 11) is 0. The van der Waals surface area contributed by atoms with Crippen LogP contribution in [0.1, 0.15) is 44.9 Å². The van der Waals surface area contributed by atoms with Crippen molar-refractivity contribution in [1.82, 2.24) is 10.6 Å². The van der Waals surface area contributed by atoms with E-state index >= 15 is 0 Å². The first-order valence-electron chi connectivity index (χ1n) is 5.81. The van der Waals surface area contributed by atoms with Gasteiger partial charge in [0.25, 0.3) is 0 Å². The third-order valence-electron chi connectivity index (χ3n) is 3.60. The Kier molecular flexibility index (Phi) is 3.23. The lowest BCUT2D eigenvalue weighted by Gasteiger charge is -2.37. The Bertz CT molecular complexity index is 144. The average molecular weight is 181 g/mol. The molecular weight excluding hydrogens is 160 g/mol. The fraction of sp³-hybridized carbons (Fsp3) is 1.00. The summed E-state index contributed by atoms with van der Waals surface area (Å²) >= 11 is 0. The van der Waals surface area contributed by atoms with Crippen LogP contribution in [0.15, 0.2) is 0 Å². The van der Waals surface area contributed by atoms with Gasteiger partial charge in [0.1, 0.15) is 0 Å². The number of hydrogen-bond donors (Lipinski definition) is 0. The van der Waals surface area contributed by atoms with Gasteiger partial charge in [0.2, 0.25) is 0 Å². The molecule has 0 aromatic carbocycles. The van der Waals surface area contributed by atoms with Crippen LogP contribution in [0.25, 0.3) is 0 Å². The second-order valence-corrected chi connectivity index (χ2v) is 4.60. The molecule has 2 aliphatic rings. The lowest BCUT2D eigenvalue weighted by molar-refractivity contribution is 0.125. The van der Waals surface area contributed by atoms with E-state index in [1.54, 1.807) is 0 Å². The summed E-state index contributed by atoms with van der Waals surface area (Å²) in [5, 5.41) is 0. The van der Waals surface area contributed by atoms with Crippen LogP contribution in [-0.4, -0.2) is 30.1 Å². The van der Waals surface area contributed by atoms with Crippen molar-refractivity contribution in [1.29, 1.82) is 0 Å². The number of piperidine rings is 1. The van der Waals surface area contributed by atoms with Crippen LogP contribution in [0.4, 0.5) is 0 Å². The van der Waals surface area contributed by atoms with E-state index < -0.39 is 0 Å². The van der Waals surface area contributed by atoms with Crippen LogP contribution in [0, 0.1) is 0 Å². The summed E-state index contributed by atoms with van der Waals surface area (Å²) in [5.74, 6) is 0. The van der Waals surface area contributed by atoms with Crippen molar-refractivity contribution in [3.8, 4) is 0 Å². The number of nitrogens with one attached hydrogen (secondary N) is 1. The van der Waals surface area contributed by atoms with Gasteiger partial charge in [-0.2, -0.15) is 0 Å². The predicted octanol–water partition coefficient (Wildman–Crippen LogP) is 2.07. The van der Waals surface area contributed by atoms with E-state index in [0.717, 1.165) is 18.9 Å². The first-order valence-corrected chi connectivity index (χ1v) is 5.81. The predicted molar refractivity (Wildman–Crippen MR) is 54.6 cm³/mol. The maximum atomic E-state index is 7.66. The molecule has 0 atom stereocenters. The maximum Gasteiger partial charge on any atom is 0.0214 e. The molecule has 0 amide bonds. The molecule has 2 heteroatoms. The molecule has 2 rings (SSSR count). The fourth-order valence-electron chi connectivity index (χ4n) is 2.72. The van der Waals surface area contributed by atoms with Crippen molar-refractivity contribution in [2.75, 3.05) is 13.1 Å². The largest absolute Gasteiger partial charge is 0.300 e. The highest BCUT2D eigenvalue weighted by Crippen LogP contribution is 2.25. The molecule has 0 spiro atoms. The van der Waals surface area contributed by atoms with Crippen molar-refractivity contribution < 1.29 is 0 Å². The topological polar surface area (TPSA) is 27.0 Å². The highest BCUT2D eigenvalue weighted by Gasteiger charge is 2.25. The van der Waals surface area contributed by atoms with E-state index in [1.807, 2.05) is 0 Å². The average Bonchev–Trinajstić information content (AvgIpc) is 2.20. The van der Waals surface area contributed by atoms with Crippen molar-refractivity contribution in [3.05, 3.63) is 0 Å². The number of likely N-dealkylation sites (tertiary alicyclic amines) is 1. The Hall–Kier alpha value is -0.0800. The minimum Gasteiger partial charge on any atom is -0.300 e. The SMILES string of the molecule is [NH]C1CCC(N2CCCCC2)CC1. The zero-order valence-corrected chi connectivity index (χ0v) is 8.47. The maximum absolute atomic E-state index is 7.66. The Morgan fingerprint density at radius 3 is 2.08 bits per heavy atom. The van der Waals surface area contributed by atoms with E-state index in [9.17, 15) is 0 Å². The molecule has 2 nitrogen and oxygen atoms in total. The van der Waals surface area contributed by atoms with Gasteiger partial charge in [-0.15, -0.1) is 0 Å². The third kappa shape index (κ3) is 2.44. The zero-order valence-electron chi connectivity index (χ0n) is 8.47. The van der Waals surface area contributed by atoms with Crippen LogP contribution in [0.2, 0.25) is 0 Å². The molecular formula is C11H21N2. The van der Waals surface area contributed by atoms with E-state index in [-0.39, 0.29) is 6.04 Å². The molecule has 1 aliphatic carbocycles. The Labute approximate surface area is 81.5 Å². The third-order valence-corrected chi connectivity index (χ3v) is 3.60. The molecule has 1 saturated heterocycles. The van der Waals surface area contributed by atoms with Gasteiger partial charge in [0, 0.05) is 12.1 Å². The van der Waals surface area contributed by atoms with E-state index in [0.29, 0.717) is 0 Å². The van der Waals surface area contributed by atoms with Gasteiger partial charge in [-0.25, -0.2) is 0 Å². The fourth-order valence-corrected chi connectivity index (χ4v) is 2.72. The van der Waals surface area contributed by atoms with Gasteiger partial charge < -0.3 is 4.90 Å². The molecule has 0 bridgehead atoms. The number of rotatable bonds is 1. The van der Waals surface area contributed by atoms with E-state index in [2.05, 4.69) is 4.90 Å². The Balaban J connectivity index is 1.79. The first kappa shape index (κ1) is 9.47. The molecule has 0 unspecified atom stereocenters. The molecule has 0 aromatic rings. The van der Waals surface area contributed by atoms with Gasteiger partial charge in [-0.3, -0.25) is 5.73 Å². The molecule has 2 fully saturated rings. The van der Waals surface area contributed by atoms with Gasteiger partial charge in [-0.1, -0.05) is 6.42 Å². The summed E-state index contributed by atoms with van der Waals surface area (Å²) < 4.78 is 0. The minimum absolute atomic E-state index is 0.251. The van der Waals surface area contributed by atoms with Crippen LogP contribution >= 0.6 is 0 Å². The van der Waals surface area contributed by atoms with E-state index in [1.165, 1.54) is 45.2 Å². The molecule has 1 N–H and O–H groups in total. The van der Waals surface area contributed by atoms with Gasteiger partial charge >= 0.3 is 0 Å². The molecule has 13 heavy (non-hydrogen) atoms. The van der Waals surface area contributed by atoms with Crippen molar-refractivity contribution in [3.63, 3.8) is 0 Å². The molecule has 1 radical (unpaired) electrons. The van der Waals surface area contributed by atoms with Crippen LogP contribution in [0.3, 0.4) is 0 Å². The second kappa shape index (κ2) is 4.43. The van der Waals surface area contributed by atoms with Gasteiger partial charge in [-0.05, 0) is 51.6 Å². The molecule has 0 aromatic heterocycles. The summed E-state index contributed by atoms with van der Waals surface area (Å²) in [6, 6.07) is 1.09. The lowest BCUT2D eigenvalue weighted by atomic mass is 9.90. The van der Waals surface area contributed by atoms with Crippen molar-refractivity contribution in [2.45, 2.75) is 57.0 Å². The number of hydrogen-bond acceptors (Lipinski definition) is 1. The lowest BCUT2D eigenvalue weighted by Crippen LogP contribution is -2.42. The highest BCUT2D eigenvalue weighted by molar-refractivity contribution is 4.82. The smallest absolute Gasteiger partial charge is 0.0214 e. The first-order chi connectivity index (χ1) is 6.36. The van der Waals surface area contributed by atoms with Crippen molar-refractivity contribution >= 4 is 0 Å². The summed E-state index contributed by atoms with van der Waals surface area (Å²) in [4.78, 5) is 2.68. The number of nitrogens with zero attached hydrogens (tertiary/aromatic N) is 1. The van der Waals surface area contributed by atoms with Crippen LogP contribution in [-0.2, 0) is 0 Å². The Morgan fingerprint density at radius 1 is 0.846 bits per heavy atom. The zero-order chi connectivity index (χ0) is 9.10. The minimum atomic E-state index is 0.251. The van der Waals surface area contributed by atoms with Gasteiger partial charge in [0.05, 0.1) is 0 Å². The summed E-state index contributed by atoms with van der Waals surface area (Å²) in [6.07, 6.45) is 9.09. The molecule has 1 saturated carbocycles. The van der Waals surface area contributed by atoms with Crippen LogP contribution < -0.4 is 5.73 Å². The molecule has 75 valence electrons. The quantitative estimate of drug-likeness (QED) is 0.608.